The first kappa shape index (κ1) is 21.1. The van der Waals surface area contributed by atoms with E-state index in [0.29, 0.717) is 11.8 Å². The van der Waals surface area contributed by atoms with Gasteiger partial charge < -0.3 is 10.8 Å². The Kier molecular flexibility index (Phi) is 6.50. The van der Waals surface area contributed by atoms with Gasteiger partial charge in [-0.05, 0) is 34.0 Å². The maximum Gasteiger partial charge on any atom is 0.315 e. The van der Waals surface area contributed by atoms with Crippen LogP contribution in [0.4, 0.5) is 0 Å². The summed E-state index contributed by atoms with van der Waals surface area (Å²) in [5.74, 6) is -1.56. The summed E-state index contributed by atoms with van der Waals surface area (Å²) in [5.41, 5.74) is 7.64. The van der Waals surface area contributed by atoms with E-state index in [4.69, 9.17) is 15.7 Å². The number of hydrogen-bond donors (Lipinski definition) is 4. The molecule has 0 radical (unpaired) electrons. The maximum atomic E-state index is 11.7. The molecule has 0 aromatic heterocycles. The van der Waals surface area contributed by atoms with E-state index in [2.05, 4.69) is 0 Å². The average Bonchev–Trinajstić information content (AvgIpc) is 2.60. The zero-order valence-corrected chi connectivity index (χ0v) is 15.8. The van der Waals surface area contributed by atoms with Crippen molar-refractivity contribution in [1.29, 1.82) is 5.41 Å². The first-order chi connectivity index (χ1) is 13.1. The van der Waals surface area contributed by atoms with Crippen LogP contribution in [0.3, 0.4) is 0 Å². The fourth-order valence-electron chi connectivity index (χ4n) is 2.73. The molecule has 0 fully saturated rings. The summed E-state index contributed by atoms with van der Waals surface area (Å²) in [6.07, 6.45) is 0.715. The monoisotopic (exact) mass is 400 g/mol. The van der Waals surface area contributed by atoms with Crippen LogP contribution in [0.25, 0.3) is 10.8 Å². The van der Waals surface area contributed by atoms with Gasteiger partial charge in [0.2, 0.25) is 0 Å². The number of fused-ring (bicyclic) bond motifs is 1. The van der Waals surface area contributed by atoms with Crippen LogP contribution in [0, 0.1) is 5.41 Å². The maximum absolute atomic E-state index is 11.7. The Morgan fingerprint density at radius 2 is 1.50 bits per heavy atom. The molecule has 0 aliphatic carbocycles. The van der Waals surface area contributed by atoms with Gasteiger partial charge in [0.05, 0.1) is 6.26 Å². The van der Waals surface area contributed by atoms with Crippen molar-refractivity contribution in [2.45, 2.75) is 5.92 Å². The van der Waals surface area contributed by atoms with Crippen LogP contribution in [-0.2, 0) is 14.9 Å². The zero-order chi connectivity index (χ0) is 20.9. The molecule has 28 heavy (non-hydrogen) atoms. The van der Waals surface area contributed by atoms with Crippen LogP contribution < -0.4 is 5.73 Å². The molecule has 0 aliphatic rings. The number of hydrogen-bond acceptors (Lipinski definition) is 4. The van der Waals surface area contributed by atoms with Crippen LogP contribution in [0.5, 0.6) is 0 Å². The van der Waals surface area contributed by atoms with Crippen LogP contribution >= 0.6 is 0 Å². The Hall–Kier alpha value is -3.23. The van der Waals surface area contributed by atoms with Crippen LogP contribution in [-0.4, -0.2) is 36.1 Å². The summed E-state index contributed by atoms with van der Waals surface area (Å²) in [7, 11) is -3.67. The summed E-state index contributed by atoms with van der Waals surface area (Å²) < 4.78 is 25.9. The summed E-state index contributed by atoms with van der Waals surface area (Å²) in [5, 5.41) is 19.0. The molecule has 0 saturated heterocycles. The first-order valence-corrected chi connectivity index (χ1v) is 9.99. The smallest absolute Gasteiger partial charge is 0.315 e. The highest BCUT2D eigenvalue weighted by atomic mass is 32.2. The number of benzene rings is 3. The number of amidine groups is 1. The van der Waals surface area contributed by atoms with Gasteiger partial charge in [0, 0.05) is 5.56 Å². The standard InChI is InChI=1S/C19H16N2O2.CH4O3S/c20-18(21)16-9-7-13-10-15(8-6-14(13)11-16)17(19(22)23)12-4-2-1-3-5-12;1-5(2,3)4/h1-11,17H,(H3,20,21)(H,22,23);1H3,(H,2,3,4). The van der Waals surface area contributed by atoms with Crippen molar-refractivity contribution < 1.29 is 22.9 Å². The predicted molar refractivity (Wildman–Crippen MR) is 108 cm³/mol. The van der Waals surface area contributed by atoms with Crippen molar-refractivity contribution in [3.05, 3.63) is 83.4 Å². The lowest BCUT2D eigenvalue weighted by atomic mass is 9.90. The molecule has 0 saturated carbocycles. The number of carboxylic acids is 1. The Morgan fingerprint density at radius 1 is 0.964 bits per heavy atom. The van der Waals surface area contributed by atoms with E-state index in [9.17, 15) is 18.3 Å². The number of nitrogens with two attached hydrogens (primary N) is 1. The molecule has 146 valence electrons. The van der Waals surface area contributed by atoms with Crippen LogP contribution in [0.15, 0.2) is 66.7 Å². The van der Waals surface area contributed by atoms with Gasteiger partial charge in [-0.3, -0.25) is 14.8 Å². The summed E-state index contributed by atoms with van der Waals surface area (Å²) >= 11 is 0. The van der Waals surface area contributed by atoms with Crippen LogP contribution in [0.1, 0.15) is 22.6 Å². The quantitative estimate of drug-likeness (QED) is 0.301. The molecule has 5 N–H and O–H groups in total. The highest BCUT2D eigenvalue weighted by Crippen LogP contribution is 2.28. The lowest BCUT2D eigenvalue weighted by molar-refractivity contribution is -0.137. The number of carboxylic acid groups (broad SMARTS) is 1. The molecule has 0 heterocycles. The second-order valence-corrected chi connectivity index (χ2v) is 7.62. The lowest BCUT2D eigenvalue weighted by Crippen LogP contribution is -2.13. The van der Waals surface area contributed by atoms with Crippen LogP contribution in [0.2, 0.25) is 0 Å². The largest absolute Gasteiger partial charge is 0.481 e. The lowest BCUT2D eigenvalue weighted by Gasteiger charge is -2.14. The molecule has 3 aromatic rings. The van der Waals surface area contributed by atoms with Crippen molar-refractivity contribution in [3.63, 3.8) is 0 Å². The third-order valence-corrected chi connectivity index (χ3v) is 3.89. The Bertz CT molecular complexity index is 1100. The predicted octanol–water partition coefficient (Wildman–Crippen LogP) is 2.84. The fourth-order valence-corrected chi connectivity index (χ4v) is 2.73. The topological polar surface area (TPSA) is 142 Å². The van der Waals surface area contributed by atoms with Gasteiger partial charge in [0.25, 0.3) is 10.1 Å². The van der Waals surface area contributed by atoms with Crippen molar-refractivity contribution in [1.82, 2.24) is 0 Å². The molecular formula is C20H20N2O5S. The number of rotatable bonds is 4. The number of carbonyl (C=O) groups is 1. The Morgan fingerprint density at radius 3 is 2.04 bits per heavy atom. The third kappa shape index (κ3) is 5.90. The third-order valence-electron chi connectivity index (χ3n) is 3.89. The molecule has 3 rings (SSSR count). The van der Waals surface area contributed by atoms with E-state index >= 15 is 0 Å². The molecule has 0 bridgehead atoms. The van der Waals surface area contributed by atoms with Gasteiger partial charge in [-0.2, -0.15) is 8.42 Å². The number of nitrogens with one attached hydrogen (secondary N) is 1. The van der Waals surface area contributed by atoms with Crippen molar-refractivity contribution in [2.24, 2.45) is 5.73 Å². The minimum Gasteiger partial charge on any atom is -0.481 e. The van der Waals surface area contributed by atoms with Gasteiger partial charge in [0.15, 0.2) is 0 Å². The van der Waals surface area contributed by atoms with Gasteiger partial charge in [-0.25, -0.2) is 0 Å². The van der Waals surface area contributed by atoms with Gasteiger partial charge in [-0.1, -0.05) is 54.6 Å². The van der Waals surface area contributed by atoms with Crippen molar-refractivity contribution in [3.8, 4) is 0 Å². The zero-order valence-electron chi connectivity index (χ0n) is 15.0. The second kappa shape index (κ2) is 8.64. The number of nitrogen functional groups attached to an aromatic ring is 1. The SMILES string of the molecule is CS(=O)(=O)O.N=C(N)c1ccc2cc(C(C(=O)O)c3ccccc3)ccc2c1. The minimum absolute atomic E-state index is 0.0173. The molecule has 7 nitrogen and oxygen atoms in total. The van der Waals surface area contributed by atoms with Crippen molar-refractivity contribution >= 4 is 32.7 Å². The highest BCUT2D eigenvalue weighted by molar-refractivity contribution is 7.85. The molecular weight excluding hydrogens is 380 g/mol. The summed E-state index contributed by atoms with van der Waals surface area (Å²) in [6, 6.07) is 20.2. The molecule has 1 unspecified atom stereocenters. The Labute approximate surface area is 162 Å². The van der Waals surface area contributed by atoms with Crippen molar-refractivity contribution in [2.75, 3.05) is 6.26 Å². The summed E-state index contributed by atoms with van der Waals surface area (Å²) in [6.45, 7) is 0. The molecule has 8 heteroatoms. The minimum atomic E-state index is -3.67. The molecule has 1 atom stereocenters. The van der Waals surface area contributed by atoms with E-state index in [1.54, 1.807) is 6.07 Å². The average molecular weight is 400 g/mol. The van der Waals surface area contributed by atoms with Gasteiger partial charge >= 0.3 is 5.97 Å². The highest BCUT2D eigenvalue weighted by Gasteiger charge is 2.22. The molecule has 0 spiro atoms. The molecule has 3 aromatic carbocycles. The molecule has 0 aliphatic heterocycles. The van der Waals surface area contributed by atoms with E-state index in [-0.39, 0.29) is 5.84 Å². The summed E-state index contributed by atoms with van der Waals surface area (Å²) in [4.78, 5) is 11.7. The molecule has 0 amide bonds. The first-order valence-electron chi connectivity index (χ1n) is 8.14. The fraction of sp³-hybridized carbons (Fsp3) is 0.100. The van der Waals surface area contributed by atoms with Gasteiger partial charge in [-0.15, -0.1) is 0 Å². The van der Waals surface area contributed by atoms with E-state index < -0.39 is 22.0 Å². The van der Waals surface area contributed by atoms with E-state index in [0.717, 1.165) is 21.9 Å². The normalized spacial score (nSPS) is 11.9. The number of aliphatic carboxylic acids is 1. The van der Waals surface area contributed by atoms with E-state index in [1.165, 1.54) is 0 Å². The van der Waals surface area contributed by atoms with Gasteiger partial charge in [0.1, 0.15) is 11.8 Å². The Balaban J connectivity index is 0.000000500. The van der Waals surface area contributed by atoms with E-state index in [1.807, 2.05) is 60.7 Å². The second-order valence-electron chi connectivity index (χ2n) is 6.15.